The summed E-state index contributed by atoms with van der Waals surface area (Å²) in [7, 11) is 0. The van der Waals surface area contributed by atoms with Gasteiger partial charge in [-0.3, -0.25) is 4.79 Å². The summed E-state index contributed by atoms with van der Waals surface area (Å²) in [4.78, 5) is 12.9. The molecule has 4 heteroatoms. The monoisotopic (exact) mass is 324 g/mol. The van der Waals surface area contributed by atoms with E-state index in [-0.39, 0.29) is 11.9 Å². The van der Waals surface area contributed by atoms with Crippen molar-refractivity contribution in [1.82, 2.24) is 10.5 Å². The Bertz CT molecular complexity index is 737. The Labute approximate surface area is 142 Å². The Morgan fingerprint density at radius 3 is 2.71 bits per heavy atom. The van der Waals surface area contributed by atoms with Crippen LogP contribution in [0, 0.1) is 24.7 Å². The van der Waals surface area contributed by atoms with E-state index in [9.17, 15) is 4.79 Å². The van der Waals surface area contributed by atoms with Crippen LogP contribution in [-0.2, 0) is 0 Å². The second-order valence-corrected chi connectivity index (χ2v) is 7.43. The van der Waals surface area contributed by atoms with Gasteiger partial charge in [0.15, 0.2) is 0 Å². The van der Waals surface area contributed by atoms with E-state index in [1.54, 1.807) is 6.92 Å². The summed E-state index contributed by atoms with van der Waals surface area (Å²) in [6.07, 6.45) is 5.33. The third-order valence-corrected chi connectivity index (χ3v) is 5.93. The number of nitrogens with zero attached hydrogens (tertiary/aromatic N) is 1. The molecule has 24 heavy (non-hydrogen) atoms. The first-order chi connectivity index (χ1) is 11.6. The third-order valence-electron chi connectivity index (χ3n) is 5.93. The number of fused-ring (bicyclic) bond motifs is 2. The summed E-state index contributed by atoms with van der Waals surface area (Å²) < 4.78 is 5.32. The van der Waals surface area contributed by atoms with Crippen LogP contribution >= 0.6 is 0 Å². The minimum Gasteiger partial charge on any atom is -0.360 e. The highest BCUT2D eigenvalue weighted by molar-refractivity contribution is 6.00. The standard InChI is InChI=1S/C20H24N2O2/c1-12(17-11-14-8-9-16(17)10-14)21-20(23)18-13(2)24-22-19(18)15-6-4-3-5-7-15/h3-7,12,14,16-17H,8-11H2,1-2H3,(H,21,23)/t12-,14-,16+,17-/m1/s1. The van der Waals surface area contributed by atoms with Gasteiger partial charge in [-0.05, 0) is 50.9 Å². The number of carbonyl (C=O) groups excluding carboxylic acids is 1. The number of nitrogens with one attached hydrogen (secondary N) is 1. The van der Waals surface area contributed by atoms with Crippen LogP contribution in [0.15, 0.2) is 34.9 Å². The van der Waals surface area contributed by atoms with E-state index in [0.29, 0.717) is 22.9 Å². The van der Waals surface area contributed by atoms with Crippen LogP contribution in [0.25, 0.3) is 11.3 Å². The Kier molecular flexibility index (Phi) is 3.91. The molecule has 4 atom stereocenters. The number of carbonyl (C=O) groups is 1. The average Bonchev–Trinajstić information content (AvgIpc) is 3.30. The number of aryl methyl sites for hydroxylation is 1. The predicted octanol–water partition coefficient (Wildman–Crippen LogP) is 4.20. The van der Waals surface area contributed by atoms with E-state index in [1.165, 1.54) is 25.7 Å². The maximum Gasteiger partial charge on any atom is 0.257 e. The molecule has 0 radical (unpaired) electrons. The number of benzene rings is 1. The molecule has 0 unspecified atom stereocenters. The summed E-state index contributed by atoms with van der Waals surface area (Å²) in [6, 6.07) is 9.94. The Morgan fingerprint density at radius 2 is 2.04 bits per heavy atom. The van der Waals surface area contributed by atoms with Gasteiger partial charge < -0.3 is 9.84 Å². The van der Waals surface area contributed by atoms with Crippen molar-refractivity contribution in [3.8, 4) is 11.3 Å². The number of amides is 1. The van der Waals surface area contributed by atoms with Gasteiger partial charge in [0.05, 0.1) is 0 Å². The zero-order chi connectivity index (χ0) is 16.7. The number of hydrogen-bond donors (Lipinski definition) is 1. The molecule has 1 amide bonds. The zero-order valence-electron chi connectivity index (χ0n) is 14.3. The lowest BCUT2D eigenvalue weighted by atomic mass is 9.84. The van der Waals surface area contributed by atoms with Crippen molar-refractivity contribution in [2.24, 2.45) is 17.8 Å². The molecule has 2 aliphatic rings. The molecule has 1 aromatic heterocycles. The molecule has 2 aliphatic carbocycles. The van der Waals surface area contributed by atoms with Crippen LogP contribution in [0.2, 0.25) is 0 Å². The van der Waals surface area contributed by atoms with E-state index in [4.69, 9.17) is 4.52 Å². The molecule has 0 aliphatic heterocycles. The van der Waals surface area contributed by atoms with Crippen LogP contribution in [0.4, 0.5) is 0 Å². The van der Waals surface area contributed by atoms with Gasteiger partial charge in [0.25, 0.3) is 5.91 Å². The topological polar surface area (TPSA) is 55.1 Å². The molecular formula is C20H24N2O2. The van der Waals surface area contributed by atoms with E-state index in [2.05, 4.69) is 17.4 Å². The second-order valence-electron chi connectivity index (χ2n) is 7.43. The maximum atomic E-state index is 12.9. The van der Waals surface area contributed by atoms with Gasteiger partial charge in [-0.2, -0.15) is 0 Å². The lowest BCUT2D eigenvalue weighted by Crippen LogP contribution is -2.40. The lowest BCUT2D eigenvalue weighted by molar-refractivity contribution is 0.0914. The highest BCUT2D eigenvalue weighted by Gasteiger charge is 2.42. The van der Waals surface area contributed by atoms with Crippen molar-refractivity contribution in [2.45, 2.75) is 45.6 Å². The van der Waals surface area contributed by atoms with E-state index >= 15 is 0 Å². The van der Waals surface area contributed by atoms with Crippen LogP contribution < -0.4 is 5.32 Å². The molecule has 1 heterocycles. The molecule has 4 nitrogen and oxygen atoms in total. The van der Waals surface area contributed by atoms with E-state index in [1.807, 2.05) is 30.3 Å². The molecule has 0 saturated heterocycles. The molecule has 2 fully saturated rings. The van der Waals surface area contributed by atoms with Gasteiger partial charge in [0.1, 0.15) is 17.0 Å². The highest BCUT2D eigenvalue weighted by atomic mass is 16.5. The Balaban J connectivity index is 1.54. The first-order valence-corrected chi connectivity index (χ1v) is 8.96. The quantitative estimate of drug-likeness (QED) is 0.917. The molecule has 0 spiro atoms. The summed E-state index contributed by atoms with van der Waals surface area (Å²) in [5.41, 5.74) is 2.11. The van der Waals surface area contributed by atoms with Crippen molar-refractivity contribution in [1.29, 1.82) is 0 Å². The zero-order valence-corrected chi connectivity index (χ0v) is 14.3. The van der Waals surface area contributed by atoms with Crippen LogP contribution in [-0.4, -0.2) is 17.1 Å². The van der Waals surface area contributed by atoms with Crippen molar-refractivity contribution >= 4 is 5.91 Å². The fraction of sp³-hybridized carbons (Fsp3) is 0.500. The Morgan fingerprint density at radius 1 is 1.25 bits per heavy atom. The van der Waals surface area contributed by atoms with Crippen molar-refractivity contribution in [3.63, 3.8) is 0 Å². The first kappa shape index (κ1) is 15.4. The highest BCUT2D eigenvalue weighted by Crippen LogP contribution is 2.49. The fourth-order valence-corrected chi connectivity index (χ4v) is 4.72. The minimum absolute atomic E-state index is 0.0668. The van der Waals surface area contributed by atoms with Gasteiger partial charge in [0.2, 0.25) is 0 Å². The van der Waals surface area contributed by atoms with Gasteiger partial charge >= 0.3 is 0 Å². The summed E-state index contributed by atoms with van der Waals surface area (Å²) >= 11 is 0. The summed E-state index contributed by atoms with van der Waals surface area (Å²) in [6.45, 7) is 3.95. The molecule has 2 aromatic rings. The van der Waals surface area contributed by atoms with Crippen molar-refractivity contribution in [2.75, 3.05) is 0 Å². The average molecular weight is 324 g/mol. The second kappa shape index (κ2) is 6.08. The largest absolute Gasteiger partial charge is 0.360 e. The molecule has 1 aromatic carbocycles. The van der Waals surface area contributed by atoms with Crippen molar-refractivity contribution < 1.29 is 9.32 Å². The number of hydrogen-bond acceptors (Lipinski definition) is 3. The fourth-order valence-electron chi connectivity index (χ4n) is 4.72. The van der Waals surface area contributed by atoms with Gasteiger partial charge in [-0.15, -0.1) is 0 Å². The lowest BCUT2D eigenvalue weighted by Gasteiger charge is -2.28. The predicted molar refractivity (Wildman–Crippen MR) is 92.5 cm³/mol. The van der Waals surface area contributed by atoms with Crippen LogP contribution in [0.3, 0.4) is 0 Å². The molecule has 2 saturated carbocycles. The normalized spacial score (nSPS) is 26.5. The van der Waals surface area contributed by atoms with Gasteiger partial charge in [-0.25, -0.2) is 0 Å². The van der Waals surface area contributed by atoms with E-state index in [0.717, 1.165) is 17.4 Å². The molecular weight excluding hydrogens is 300 g/mol. The van der Waals surface area contributed by atoms with Crippen LogP contribution in [0.5, 0.6) is 0 Å². The summed E-state index contributed by atoms with van der Waals surface area (Å²) in [5.74, 6) is 2.81. The minimum atomic E-state index is -0.0668. The van der Waals surface area contributed by atoms with Gasteiger partial charge in [-0.1, -0.05) is 41.9 Å². The molecule has 2 bridgehead atoms. The van der Waals surface area contributed by atoms with Crippen LogP contribution in [0.1, 0.15) is 48.7 Å². The van der Waals surface area contributed by atoms with E-state index < -0.39 is 0 Å². The van der Waals surface area contributed by atoms with Gasteiger partial charge in [0, 0.05) is 11.6 Å². The SMILES string of the molecule is Cc1onc(-c2ccccc2)c1C(=O)N[C@H](C)[C@H]1C[C@@H]2CC[C@H]1C2. The molecule has 1 N–H and O–H groups in total. The smallest absolute Gasteiger partial charge is 0.257 e. The first-order valence-electron chi connectivity index (χ1n) is 8.96. The molecule has 4 rings (SSSR count). The summed E-state index contributed by atoms with van der Waals surface area (Å²) in [5, 5.41) is 7.34. The number of aromatic nitrogens is 1. The Hall–Kier alpha value is -2.10. The van der Waals surface area contributed by atoms with Crippen molar-refractivity contribution in [3.05, 3.63) is 41.7 Å². The maximum absolute atomic E-state index is 12.9. The molecule has 126 valence electrons. The number of rotatable bonds is 4. The third kappa shape index (κ3) is 2.64.